The molecule has 2 aliphatic carbocycles. The highest BCUT2D eigenvalue weighted by Crippen LogP contribution is 2.43. The molecule has 0 heterocycles. The molecule has 0 saturated heterocycles. The van der Waals surface area contributed by atoms with Crippen LogP contribution in [0.1, 0.15) is 36.9 Å². The molecule has 0 spiro atoms. The largest absolute Gasteiger partial charge is 0.306 e. The lowest BCUT2D eigenvalue weighted by Crippen LogP contribution is -2.26. The highest BCUT2D eigenvalue weighted by Gasteiger charge is 2.31. The Morgan fingerprint density at radius 1 is 0.950 bits per heavy atom. The molecule has 1 saturated carbocycles. The van der Waals surface area contributed by atoms with Gasteiger partial charge >= 0.3 is 0 Å². The topological polar surface area (TPSA) is 12.0 Å². The highest BCUT2D eigenvalue weighted by atomic mass is 14.9. The minimum Gasteiger partial charge on any atom is -0.306 e. The van der Waals surface area contributed by atoms with Crippen LogP contribution in [0.25, 0.3) is 11.1 Å². The van der Waals surface area contributed by atoms with Crippen molar-refractivity contribution >= 4 is 0 Å². The Morgan fingerprint density at radius 2 is 1.50 bits per heavy atom. The molecule has 2 aliphatic rings. The molecule has 20 heavy (non-hydrogen) atoms. The van der Waals surface area contributed by atoms with Crippen LogP contribution < -0.4 is 5.32 Å². The van der Waals surface area contributed by atoms with E-state index in [1.165, 1.54) is 35.1 Å². The Hall–Kier alpha value is -1.60. The molecule has 0 amide bonds. The van der Waals surface area contributed by atoms with E-state index in [9.17, 15) is 0 Å². The summed E-state index contributed by atoms with van der Waals surface area (Å²) in [6.45, 7) is 3.51. The lowest BCUT2D eigenvalue weighted by atomic mass is 10.0. The van der Waals surface area contributed by atoms with E-state index in [0.29, 0.717) is 6.04 Å². The van der Waals surface area contributed by atoms with E-state index in [0.717, 1.165) is 18.4 Å². The van der Waals surface area contributed by atoms with Gasteiger partial charge in [0, 0.05) is 0 Å². The number of fused-ring (bicyclic) bond motifs is 3. The second-order valence-corrected chi connectivity index (χ2v) is 6.33. The van der Waals surface area contributed by atoms with Gasteiger partial charge in [0.15, 0.2) is 0 Å². The first-order valence-electron chi connectivity index (χ1n) is 7.76. The molecule has 0 radical (unpaired) electrons. The summed E-state index contributed by atoms with van der Waals surface area (Å²) in [5.41, 5.74) is 5.69. The van der Waals surface area contributed by atoms with Gasteiger partial charge in [-0.2, -0.15) is 0 Å². The third-order valence-corrected chi connectivity index (χ3v) is 4.90. The fourth-order valence-electron chi connectivity index (χ4n) is 3.51. The fourth-order valence-corrected chi connectivity index (χ4v) is 3.51. The van der Waals surface area contributed by atoms with Crippen LogP contribution in [0.2, 0.25) is 0 Å². The average molecular weight is 263 g/mol. The molecule has 1 atom stereocenters. The van der Waals surface area contributed by atoms with E-state index < -0.39 is 0 Å². The van der Waals surface area contributed by atoms with Gasteiger partial charge in [-0.15, -0.1) is 0 Å². The van der Waals surface area contributed by atoms with E-state index in [2.05, 4.69) is 60.8 Å². The maximum absolute atomic E-state index is 3.82. The van der Waals surface area contributed by atoms with Gasteiger partial charge in [0.25, 0.3) is 0 Å². The third-order valence-electron chi connectivity index (χ3n) is 4.90. The Balaban J connectivity index is 1.64. The number of hydrogen-bond acceptors (Lipinski definition) is 1. The molecule has 2 aromatic rings. The Labute approximate surface area is 121 Å². The number of hydrogen-bond donors (Lipinski definition) is 1. The monoisotopic (exact) mass is 263 g/mol. The predicted octanol–water partition coefficient (Wildman–Crippen LogP) is 4.39. The van der Waals surface area contributed by atoms with Crippen LogP contribution in [-0.4, -0.2) is 6.54 Å². The van der Waals surface area contributed by atoms with Gasteiger partial charge < -0.3 is 5.32 Å². The van der Waals surface area contributed by atoms with Gasteiger partial charge in [0.2, 0.25) is 0 Å². The molecule has 4 rings (SSSR count). The first-order chi connectivity index (χ1) is 9.84. The normalized spacial score (nSPS) is 18.6. The summed E-state index contributed by atoms with van der Waals surface area (Å²) in [6, 6.07) is 18.0. The quantitative estimate of drug-likeness (QED) is 0.862. The van der Waals surface area contributed by atoms with E-state index in [4.69, 9.17) is 0 Å². The molecule has 1 heteroatoms. The second kappa shape index (κ2) is 4.75. The third kappa shape index (κ3) is 1.97. The zero-order chi connectivity index (χ0) is 13.5. The zero-order valence-electron chi connectivity index (χ0n) is 12.0. The van der Waals surface area contributed by atoms with Gasteiger partial charge in [-0.25, -0.2) is 0 Å². The molecule has 1 N–H and O–H groups in total. The molecule has 0 bridgehead atoms. The Kier molecular flexibility index (Phi) is 2.89. The molecular weight excluding hydrogens is 242 g/mol. The summed E-state index contributed by atoms with van der Waals surface area (Å²) in [7, 11) is 0. The Morgan fingerprint density at radius 3 is 2.05 bits per heavy atom. The van der Waals surface area contributed by atoms with Crippen LogP contribution in [0.4, 0.5) is 0 Å². The molecule has 0 aromatic heterocycles. The fraction of sp³-hybridized carbons (Fsp3) is 0.368. The summed E-state index contributed by atoms with van der Waals surface area (Å²) >= 11 is 0. The van der Waals surface area contributed by atoms with Crippen LogP contribution in [0, 0.1) is 11.8 Å². The lowest BCUT2D eigenvalue weighted by molar-refractivity contribution is 0.443. The van der Waals surface area contributed by atoms with E-state index >= 15 is 0 Å². The molecule has 2 aromatic carbocycles. The first kappa shape index (κ1) is 12.2. The van der Waals surface area contributed by atoms with Crippen molar-refractivity contribution in [1.29, 1.82) is 0 Å². The van der Waals surface area contributed by atoms with Crippen molar-refractivity contribution in [2.45, 2.75) is 25.8 Å². The van der Waals surface area contributed by atoms with Crippen LogP contribution in [-0.2, 0) is 0 Å². The standard InChI is InChI=1S/C19H21N/c1-13(14-10-11-14)12-20-19-17-8-4-2-6-15(17)16-7-3-5-9-18(16)19/h2-9,13-14,19-20H,10-12H2,1H3. The first-order valence-corrected chi connectivity index (χ1v) is 7.76. The smallest absolute Gasteiger partial charge is 0.0589 e. The van der Waals surface area contributed by atoms with Crippen LogP contribution >= 0.6 is 0 Å². The maximum Gasteiger partial charge on any atom is 0.0589 e. The minimum atomic E-state index is 0.378. The van der Waals surface area contributed by atoms with E-state index in [1.807, 2.05) is 0 Å². The zero-order valence-corrected chi connectivity index (χ0v) is 12.0. The highest BCUT2D eigenvalue weighted by molar-refractivity contribution is 5.78. The van der Waals surface area contributed by atoms with Crippen molar-refractivity contribution in [3.05, 3.63) is 59.7 Å². The predicted molar refractivity (Wildman–Crippen MR) is 83.6 cm³/mol. The average Bonchev–Trinajstić information content (AvgIpc) is 3.29. The van der Waals surface area contributed by atoms with Gasteiger partial charge in [0.1, 0.15) is 0 Å². The Bertz CT molecular complexity index is 582. The summed E-state index contributed by atoms with van der Waals surface area (Å²) < 4.78 is 0. The second-order valence-electron chi connectivity index (χ2n) is 6.33. The molecule has 0 aliphatic heterocycles. The van der Waals surface area contributed by atoms with Gasteiger partial charge in [-0.3, -0.25) is 0 Å². The summed E-state index contributed by atoms with van der Waals surface area (Å²) in [5.74, 6) is 1.77. The van der Waals surface area contributed by atoms with E-state index in [1.54, 1.807) is 0 Å². The number of rotatable bonds is 4. The van der Waals surface area contributed by atoms with Crippen molar-refractivity contribution in [3.8, 4) is 11.1 Å². The van der Waals surface area contributed by atoms with E-state index in [-0.39, 0.29) is 0 Å². The van der Waals surface area contributed by atoms with Gasteiger partial charge in [0.05, 0.1) is 6.04 Å². The van der Waals surface area contributed by atoms with Crippen LogP contribution in [0.15, 0.2) is 48.5 Å². The molecule has 1 unspecified atom stereocenters. The summed E-state index contributed by atoms with van der Waals surface area (Å²) in [5, 5.41) is 3.82. The SMILES string of the molecule is CC(CNC1c2ccccc2-c2ccccc21)C1CC1. The van der Waals surface area contributed by atoms with Crippen molar-refractivity contribution in [2.24, 2.45) is 11.8 Å². The lowest BCUT2D eigenvalue weighted by Gasteiger charge is -2.19. The van der Waals surface area contributed by atoms with Gasteiger partial charge in [-0.05, 0) is 53.5 Å². The summed E-state index contributed by atoms with van der Waals surface area (Å²) in [6.07, 6.45) is 2.86. The molecule has 1 fully saturated rings. The van der Waals surface area contributed by atoms with Crippen molar-refractivity contribution in [2.75, 3.05) is 6.54 Å². The number of benzene rings is 2. The summed E-state index contributed by atoms with van der Waals surface area (Å²) in [4.78, 5) is 0. The maximum atomic E-state index is 3.82. The van der Waals surface area contributed by atoms with Crippen molar-refractivity contribution in [3.63, 3.8) is 0 Å². The van der Waals surface area contributed by atoms with Crippen LogP contribution in [0.3, 0.4) is 0 Å². The molecular formula is C19H21N. The minimum absolute atomic E-state index is 0.378. The molecule has 102 valence electrons. The van der Waals surface area contributed by atoms with Crippen LogP contribution in [0.5, 0.6) is 0 Å². The number of nitrogens with one attached hydrogen (secondary N) is 1. The van der Waals surface area contributed by atoms with Crippen molar-refractivity contribution < 1.29 is 0 Å². The van der Waals surface area contributed by atoms with Crippen molar-refractivity contribution in [1.82, 2.24) is 5.32 Å². The van der Waals surface area contributed by atoms with Gasteiger partial charge in [-0.1, -0.05) is 55.5 Å². The molecule has 1 nitrogen and oxygen atoms in total.